The van der Waals surface area contributed by atoms with Gasteiger partial charge in [-0.15, -0.1) is 0 Å². The van der Waals surface area contributed by atoms with Gasteiger partial charge in [0, 0.05) is 12.1 Å². The summed E-state index contributed by atoms with van der Waals surface area (Å²) < 4.78 is 0. The summed E-state index contributed by atoms with van der Waals surface area (Å²) in [5, 5.41) is 3.43. The fourth-order valence-corrected chi connectivity index (χ4v) is 3.08. The topological polar surface area (TPSA) is 55.1 Å². The second kappa shape index (κ2) is 5.24. The molecule has 0 spiro atoms. The summed E-state index contributed by atoms with van der Waals surface area (Å²) in [7, 11) is 0. The van der Waals surface area contributed by atoms with Crippen molar-refractivity contribution in [2.45, 2.75) is 31.7 Å². The van der Waals surface area contributed by atoms with E-state index in [4.69, 9.17) is 5.73 Å². The SMILES string of the molecule is Cc1ccccc1NC1(C(N)=O)CCc2ccccc2C1. The van der Waals surface area contributed by atoms with Crippen LogP contribution in [0.1, 0.15) is 23.1 Å². The first kappa shape index (κ1) is 13.7. The summed E-state index contributed by atoms with van der Waals surface area (Å²) in [5.41, 5.74) is 9.70. The Balaban J connectivity index is 1.96. The molecule has 0 aromatic heterocycles. The Bertz CT molecular complexity index is 680. The van der Waals surface area contributed by atoms with Crippen LogP contribution in [0.4, 0.5) is 5.69 Å². The Hall–Kier alpha value is -2.29. The summed E-state index contributed by atoms with van der Waals surface area (Å²) in [6.07, 6.45) is 2.25. The summed E-state index contributed by atoms with van der Waals surface area (Å²) in [5.74, 6) is -0.278. The maximum absolute atomic E-state index is 12.2. The number of carbonyl (C=O) groups excluding carboxylic acids is 1. The third-order valence-corrected chi connectivity index (χ3v) is 4.42. The molecular weight excluding hydrogens is 260 g/mol. The number of carbonyl (C=O) groups is 1. The van der Waals surface area contributed by atoms with Crippen LogP contribution in [0.2, 0.25) is 0 Å². The lowest BCUT2D eigenvalue weighted by atomic mass is 9.77. The number of hydrogen-bond donors (Lipinski definition) is 2. The molecule has 1 unspecified atom stereocenters. The molecule has 0 saturated carbocycles. The predicted molar refractivity (Wildman–Crippen MR) is 85.2 cm³/mol. The van der Waals surface area contributed by atoms with Gasteiger partial charge in [-0.1, -0.05) is 42.5 Å². The maximum atomic E-state index is 12.2. The number of hydrogen-bond acceptors (Lipinski definition) is 2. The highest BCUT2D eigenvalue weighted by atomic mass is 16.1. The minimum Gasteiger partial charge on any atom is -0.371 e. The Kier molecular flexibility index (Phi) is 3.42. The zero-order valence-corrected chi connectivity index (χ0v) is 12.2. The summed E-state index contributed by atoms with van der Waals surface area (Å²) in [4.78, 5) is 12.2. The number of fused-ring (bicyclic) bond motifs is 1. The van der Waals surface area contributed by atoms with E-state index in [0.717, 1.165) is 24.1 Å². The minimum absolute atomic E-state index is 0.278. The first-order valence-electron chi connectivity index (χ1n) is 7.31. The molecule has 0 heterocycles. The van der Waals surface area contributed by atoms with Crippen molar-refractivity contribution in [3.05, 3.63) is 65.2 Å². The molecule has 0 bridgehead atoms. The zero-order chi connectivity index (χ0) is 14.9. The molecule has 3 N–H and O–H groups in total. The van der Waals surface area contributed by atoms with Gasteiger partial charge in [-0.2, -0.15) is 0 Å². The van der Waals surface area contributed by atoms with Crippen molar-refractivity contribution in [2.75, 3.05) is 5.32 Å². The number of nitrogens with one attached hydrogen (secondary N) is 1. The van der Waals surface area contributed by atoms with Crippen LogP contribution in [0.25, 0.3) is 0 Å². The Morgan fingerprint density at radius 3 is 2.48 bits per heavy atom. The normalized spacial score (nSPS) is 20.6. The van der Waals surface area contributed by atoms with Crippen molar-refractivity contribution >= 4 is 11.6 Å². The standard InChI is InChI=1S/C18H20N2O/c1-13-6-2-5-9-16(13)20-18(17(19)21)11-10-14-7-3-4-8-15(14)12-18/h2-9,20H,10-12H2,1H3,(H2,19,21). The average molecular weight is 280 g/mol. The van der Waals surface area contributed by atoms with Crippen LogP contribution in [0.3, 0.4) is 0 Å². The van der Waals surface area contributed by atoms with E-state index in [-0.39, 0.29) is 5.91 Å². The van der Waals surface area contributed by atoms with Gasteiger partial charge in [-0.25, -0.2) is 0 Å². The van der Waals surface area contributed by atoms with Gasteiger partial charge in [0.25, 0.3) is 0 Å². The molecule has 0 aliphatic heterocycles. The first-order valence-corrected chi connectivity index (χ1v) is 7.31. The van der Waals surface area contributed by atoms with Gasteiger partial charge in [0.05, 0.1) is 0 Å². The summed E-state index contributed by atoms with van der Waals surface area (Å²) in [6.45, 7) is 2.04. The van der Waals surface area contributed by atoms with Crippen molar-refractivity contribution in [3.63, 3.8) is 0 Å². The molecule has 21 heavy (non-hydrogen) atoms. The van der Waals surface area contributed by atoms with Crippen LogP contribution in [0.15, 0.2) is 48.5 Å². The molecule has 3 nitrogen and oxygen atoms in total. The Morgan fingerprint density at radius 1 is 1.10 bits per heavy atom. The summed E-state index contributed by atoms with van der Waals surface area (Å²) in [6, 6.07) is 16.3. The van der Waals surface area contributed by atoms with Crippen molar-refractivity contribution in [3.8, 4) is 0 Å². The van der Waals surface area contributed by atoms with Gasteiger partial charge in [-0.05, 0) is 42.5 Å². The smallest absolute Gasteiger partial charge is 0.243 e. The molecule has 1 atom stereocenters. The van der Waals surface area contributed by atoms with Gasteiger partial charge in [0.2, 0.25) is 5.91 Å². The second-order valence-electron chi connectivity index (χ2n) is 5.83. The minimum atomic E-state index is -0.694. The highest BCUT2D eigenvalue weighted by Gasteiger charge is 2.39. The largest absolute Gasteiger partial charge is 0.371 e. The van der Waals surface area contributed by atoms with E-state index in [1.165, 1.54) is 11.1 Å². The number of amides is 1. The number of benzene rings is 2. The van der Waals surface area contributed by atoms with Gasteiger partial charge < -0.3 is 11.1 Å². The number of aryl methyl sites for hydroxylation is 2. The van der Waals surface area contributed by atoms with Crippen LogP contribution in [0.5, 0.6) is 0 Å². The third kappa shape index (κ3) is 2.51. The second-order valence-corrected chi connectivity index (χ2v) is 5.83. The van der Waals surface area contributed by atoms with Crippen LogP contribution in [-0.4, -0.2) is 11.4 Å². The fourth-order valence-electron chi connectivity index (χ4n) is 3.08. The van der Waals surface area contributed by atoms with Gasteiger partial charge in [-0.3, -0.25) is 4.79 Å². The van der Waals surface area contributed by atoms with Crippen LogP contribution in [0, 0.1) is 6.92 Å². The van der Waals surface area contributed by atoms with E-state index in [1.807, 2.05) is 43.3 Å². The molecule has 108 valence electrons. The summed E-state index contributed by atoms with van der Waals surface area (Å²) >= 11 is 0. The number of primary amides is 1. The van der Waals surface area contributed by atoms with Gasteiger partial charge in [0.15, 0.2) is 0 Å². The highest BCUT2D eigenvalue weighted by molar-refractivity contribution is 5.89. The molecule has 1 amide bonds. The third-order valence-electron chi connectivity index (χ3n) is 4.42. The van der Waals surface area contributed by atoms with Crippen LogP contribution < -0.4 is 11.1 Å². The van der Waals surface area contributed by atoms with E-state index in [0.29, 0.717) is 6.42 Å². The van der Waals surface area contributed by atoms with Crippen molar-refractivity contribution in [1.29, 1.82) is 0 Å². The highest BCUT2D eigenvalue weighted by Crippen LogP contribution is 2.32. The molecule has 2 aromatic rings. The number of anilines is 1. The van der Waals surface area contributed by atoms with Gasteiger partial charge >= 0.3 is 0 Å². The van der Waals surface area contributed by atoms with Crippen molar-refractivity contribution < 1.29 is 4.79 Å². The fraction of sp³-hybridized carbons (Fsp3) is 0.278. The first-order chi connectivity index (χ1) is 10.1. The lowest BCUT2D eigenvalue weighted by molar-refractivity contribution is -0.122. The Labute approximate surface area is 125 Å². The number of para-hydroxylation sites is 1. The van der Waals surface area contributed by atoms with E-state index >= 15 is 0 Å². The molecule has 1 aliphatic rings. The van der Waals surface area contributed by atoms with E-state index in [1.54, 1.807) is 0 Å². The van der Waals surface area contributed by atoms with Crippen molar-refractivity contribution in [1.82, 2.24) is 0 Å². The molecule has 1 aliphatic carbocycles. The quantitative estimate of drug-likeness (QED) is 0.908. The van der Waals surface area contributed by atoms with E-state index in [9.17, 15) is 4.79 Å². The monoisotopic (exact) mass is 280 g/mol. The molecular formula is C18H20N2O. The molecule has 2 aromatic carbocycles. The lowest BCUT2D eigenvalue weighted by Crippen LogP contribution is -2.54. The zero-order valence-electron chi connectivity index (χ0n) is 12.2. The maximum Gasteiger partial charge on any atom is 0.243 e. The molecule has 0 saturated heterocycles. The van der Waals surface area contributed by atoms with E-state index < -0.39 is 5.54 Å². The van der Waals surface area contributed by atoms with Gasteiger partial charge in [0.1, 0.15) is 5.54 Å². The molecule has 0 radical (unpaired) electrons. The number of rotatable bonds is 3. The van der Waals surface area contributed by atoms with Crippen LogP contribution in [-0.2, 0) is 17.6 Å². The molecule has 0 fully saturated rings. The molecule has 3 rings (SSSR count). The average Bonchev–Trinajstić information content (AvgIpc) is 2.49. The predicted octanol–water partition coefficient (Wildman–Crippen LogP) is 2.82. The molecule has 3 heteroatoms. The van der Waals surface area contributed by atoms with Crippen molar-refractivity contribution in [2.24, 2.45) is 5.73 Å². The number of nitrogens with two attached hydrogens (primary N) is 1. The van der Waals surface area contributed by atoms with Crippen LogP contribution >= 0.6 is 0 Å². The lowest BCUT2D eigenvalue weighted by Gasteiger charge is -2.37. The van der Waals surface area contributed by atoms with E-state index in [2.05, 4.69) is 17.4 Å². The Morgan fingerprint density at radius 2 is 1.76 bits per heavy atom.